The van der Waals surface area contributed by atoms with Crippen molar-refractivity contribution in [1.29, 1.82) is 0 Å². The van der Waals surface area contributed by atoms with Crippen molar-refractivity contribution in [3.8, 4) is 0 Å². The highest BCUT2D eigenvalue weighted by Crippen LogP contribution is 2.28. The van der Waals surface area contributed by atoms with Gasteiger partial charge in [0.05, 0.1) is 0 Å². The van der Waals surface area contributed by atoms with Crippen molar-refractivity contribution in [2.45, 2.75) is 32.7 Å². The number of rotatable bonds is 4. The van der Waals surface area contributed by atoms with Gasteiger partial charge in [-0.2, -0.15) is 0 Å². The van der Waals surface area contributed by atoms with E-state index in [9.17, 15) is 9.90 Å². The van der Waals surface area contributed by atoms with Crippen molar-refractivity contribution in [3.05, 3.63) is 34.9 Å². The lowest BCUT2D eigenvalue weighted by molar-refractivity contribution is -0.143. The van der Waals surface area contributed by atoms with Crippen LogP contribution in [0, 0.1) is 6.92 Å². The maximum Gasteiger partial charge on any atom is 0.325 e. The zero-order chi connectivity index (χ0) is 14.7. The van der Waals surface area contributed by atoms with E-state index in [0.717, 1.165) is 37.3 Å². The summed E-state index contributed by atoms with van der Waals surface area (Å²) in [4.78, 5) is 13.8. The van der Waals surface area contributed by atoms with E-state index >= 15 is 0 Å². The average molecular weight is 276 g/mol. The van der Waals surface area contributed by atoms with Crippen molar-refractivity contribution in [2.75, 3.05) is 26.2 Å². The molecule has 1 unspecified atom stereocenters. The van der Waals surface area contributed by atoms with Gasteiger partial charge >= 0.3 is 5.97 Å². The highest BCUT2D eigenvalue weighted by atomic mass is 16.4. The van der Waals surface area contributed by atoms with E-state index < -0.39 is 12.0 Å². The van der Waals surface area contributed by atoms with E-state index in [-0.39, 0.29) is 0 Å². The molecule has 0 amide bonds. The molecule has 0 spiro atoms. The lowest BCUT2D eigenvalue weighted by Gasteiger charge is -2.33. The minimum atomic E-state index is -0.754. The monoisotopic (exact) mass is 276 g/mol. The molecule has 1 aromatic rings. The fourth-order valence-electron chi connectivity index (χ4n) is 2.74. The van der Waals surface area contributed by atoms with Crippen LogP contribution >= 0.6 is 0 Å². The van der Waals surface area contributed by atoms with Gasteiger partial charge in [0.1, 0.15) is 6.04 Å². The first-order valence-corrected chi connectivity index (χ1v) is 7.28. The third-order valence-corrected chi connectivity index (χ3v) is 4.02. The Balaban J connectivity index is 2.37. The molecular weight excluding hydrogens is 252 g/mol. The second kappa shape index (κ2) is 6.37. The molecule has 4 nitrogen and oxygen atoms in total. The number of benzene rings is 1. The summed E-state index contributed by atoms with van der Waals surface area (Å²) in [6.45, 7) is 9.53. The molecule has 0 aromatic heterocycles. The number of nitrogens with zero attached hydrogens (tertiary/aromatic N) is 1. The number of carboxylic acid groups (broad SMARTS) is 1. The van der Waals surface area contributed by atoms with Gasteiger partial charge in [-0.3, -0.25) is 9.69 Å². The van der Waals surface area contributed by atoms with Gasteiger partial charge in [0.25, 0.3) is 0 Å². The van der Waals surface area contributed by atoms with Crippen LogP contribution in [-0.2, 0) is 4.79 Å². The SMILES string of the molecule is Cc1ccc(C(C)C)cc1C(C(=O)O)N1CCNCC1. The molecule has 0 radical (unpaired) electrons. The Labute approximate surface area is 120 Å². The van der Waals surface area contributed by atoms with Gasteiger partial charge < -0.3 is 10.4 Å². The van der Waals surface area contributed by atoms with Gasteiger partial charge in [0.15, 0.2) is 0 Å². The molecule has 20 heavy (non-hydrogen) atoms. The number of carbonyl (C=O) groups is 1. The summed E-state index contributed by atoms with van der Waals surface area (Å²) in [5.41, 5.74) is 3.19. The van der Waals surface area contributed by atoms with E-state index in [0.29, 0.717) is 5.92 Å². The Morgan fingerprint density at radius 1 is 1.30 bits per heavy atom. The van der Waals surface area contributed by atoms with E-state index in [1.54, 1.807) is 0 Å². The Morgan fingerprint density at radius 3 is 2.50 bits per heavy atom. The Hall–Kier alpha value is -1.39. The first-order chi connectivity index (χ1) is 9.50. The van der Waals surface area contributed by atoms with Gasteiger partial charge in [-0.15, -0.1) is 0 Å². The van der Waals surface area contributed by atoms with Crippen molar-refractivity contribution >= 4 is 5.97 Å². The molecule has 1 aliphatic heterocycles. The van der Waals surface area contributed by atoms with Crippen LogP contribution in [-0.4, -0.2) is 42.2 Å². The molecule has 1 saturated heterocycles. The minimum Gasteiger partial charge on any atom is -0.480 e. The molecule has 110 valence electrons. The number of carboxylic acids is 1. The normalized spacial score (nSPS) is 18.2. The topological polar surface area (TPSA) is 52.6 Å². The molecule has 1 atom stereocenters. The molecule has 1 aromatic carbocycles. The van der Waals surface area contributed by atoms with Gasteiger partial charge in [0.2, 0.25) is 0 Å². The van der Waals surface area contributed by atoms with E-state index in [1.165, 1.54) is 5.56 Å². The summed E-state index contributed by atoms with van der Waals surface area (Å²) in [7, 11) is 0. The van der Waals surface area contributed by atoms with E-state index in [1.807, 2.05) is 13.0 Å². The maximum absolute atomic E-state index is 11.8. The van der Waals surface area contributed by atoms with Crippen molar-refractivity contribution < 1.29 is 9.90 Å². The summed E-state index contributed by atoms with van der Waals surface area (Å²) in [5.74, 6) is -0.345. The predicted octanol–water partition coefficient (Wildman–Crippen LogP) is 2.15. The first kappa shape index (κ1) is 15.0. The number of piperazine rings is 1. The number of hydrogen-bond donors (Lipinski definition) is 2. The van der Waals surface area contributed by atoms with Crippen LogP contribution in [0.4, 0.5) is 0 Å². The number of nitrogens with one attached hydrogen (secondary N) is 1. The molecule has 0 saturated carbocycles. The fraction of sp³-hybridized carbons (Fsp3) is 0.562. The Morgan fingerprint density at radius 2 is 1.95 bits per heavy atom. The molecule has 1 fully saturated rings. The maximum atomic E-state index is 11.8. The van der Waals surface area contributed by atoms with Crippen molar-refractivity contribution in [3.63, 3.8) is 0 Å². The second-order valence-electron chi connectivity index (χ2n) is 5.80. The second-order valence-corrected chi connectivity index (χ2v) is 5.80. The summed E-state index contributed by atoms with van der Waals surface area (Å²) in [6, 6.07) is 5.68. The number of hydrogen-bond acceptors (Lipinski definition) is 3. The minimum absolute atomic E-state index is 0.409. The highest BCUT2D eigenvalue weighted by molar-refractivity contribution is 5.76. The largest absolute Gasteiger partial charge is 0.480 e. The van der Waals surface area contributed by atoms with Crippen LogP contribution in [0.2, 0.25) is 0 Å². The van der Waals surface area contributed by atoms with E-state index in [2.05, 4.69) is 36.2 Å². The molecule has 1 heterocycles. The van der Waals surface area contributed by atoms with Gasteiger partial charge in [-0.25, -0.2) is 0 Å². The van der Waals surface area contributed by atoms with Crippen molar-refractivity contribution in [1.82, 2.24) is 10.2 Å². The number of aryl methyl sites for hydroxylation is 1. The van der Waals surface area contributed by atoms with Crippen LogP contribution in [0.25, 0.3) is 0 Å². The van der Waals surface area contributed by atoms with Crippen LogP contribution in [0.15, 0.2) is 18.2 Å². The van der Waals surface area contributed by atoms with Gasteiger partial charge in [0, 0.05) is 26.2 Å². The Kier molecular flexibility index (Phi) is 4.78. The highest BCUT2D eigenvalue weighted by Gasteiger charge is 2.29. The van der Waals surface area contributed by atoms with Crippen molar-refractivity contribution in [2.24, 2.45) is 0 Å². The lowest BCUT2D eigenvalue weighted by atomic mass is 9.93. The zero-order valence-electron chi connectivity index (χ0n) is 12.5. The first-order valence-electron chi connectivity index (χ1n) is 7.28. The number of aliphatic carboxylic acids is 1. The summed E-state index contributed by atoms with van der Waals surface area (Å²) in [5, 5.41) is 12.9. The van der Waals surface area contributed by atoms with Crippen LogP contribution < -0.4 is 5.32 Å². The zero-order valence-corrected chi connectivity index (χ0v) is 12.5. The van der Waals surface area contributed by atoms with Gasteiger partial charge in [-0.05, 0) is 29.5 Å². The molecule has 1 aliphatic rings. The van der Waals surface area contributed by atoms with Crippen LogP contribution in [0.5, 0.6) is 0 Å². The quantitative estimate of drug-likeness (QED) is 0.885. The fourth-order valence-corrected chi connectivity index (χ4v) is 2.74. The molecular formula is C16H24N2O2. The molecule has 0 bridgehead atoms. The van der Waals surface area contributed by atoms with E-state index in [4.69, 9.17) is 0 Å². The summed E-state index contributed by atoms with van der Waals surface area (Å²) >= 11 is 0. The third-order valence-electron chi connectivity index (χ3n) is 4.02. The molecule has 4 heteroatoms. The van der Waals surface area contributed by atoms with Crippen LogP contribution in [0.3, 0.4) is 0 Å². The van der Waals surface area contributed by atoms with Crippen LogP contribution in [0.1, 0.15) is 42.5 Å². The smallest absolute Gasteiger partial charge is 0.325 e. The molecule has 0 aliphatic carbocycles. The molecule has 2 N–H and O–H groups in total. The molecule has 2 rings (SSSR count). The third kappa shape index (κ3) is 3.19. The van der Waals surface area contributed by atoms with Gasteiger partial charge in [-0.1, -0.05) is 32.0 Å². The standard InChI is InChI=1S/C16H24N2O2/c1-11(2)13-5-4-12(3)14(10-13)15(16(19)20)18-8-6-17-7-9-18/h4-5,10-11,15,17H,6-9H2,1-3H3,(H,19,20). The average Bonchev–Trinajstić information content (AvgIpc) is 2.41. The summed E-state index contributed by atoms with van der Waals surface area (Å²) in [6.07, 6.45) is 0. The summed E-state index contributed by atoms with van der Waals surface area (Å²) < 4.78 is 0. The lowest BCUT2D eigenvalue weighted by Crippen LogP contribution is -2.47. The Bertz CT molecular complexity index is 479. The predicted molar refractivity (Wildman–Crippen MR) is 80.1 cm³/mol.